The second-order valence-corrected chi connectivity index (χ2v) is 17.9. The molecule has 0 aromatic rings. The van der Waals surface area contributed by atoms with Crippen LogP contribution in [-0.4, -0.2) is 0 Å². The summed E-state index contributed by atoms with van der Waals surface area (Å²) in [4.78, 5) is 0. The zero-order chi connectivity index (χ0) is 40.5. The highest BCUT2D eigenvalue weighted by Crippen LogP contribution is 2.33. The van der Waals surface area contributed by atoms with Crippen LogP contribution in [0.3, 0.4) is 0 Å². The molecule has 0 aromatic heterocycles. The van der Waals surface area contributed by atoms with Crippen LogP contribution in [0, 0.1) is 33.5 Å². The van der Waals surface area contributed by atoms with Crippen LogP contribution in [0.2, 0.25) is 0 Å². The van der Waals surface area contributed by atoms with Crippen LogP contribution < -0.4 is 0 Å². The lowest BCUT2D eigenvalue weighted by Gasteiger charge is -2.28. The van der Waals surface area contributed by atoms with Gasteiger partial charge in [-0.25, -0.2) is 0 Å². The molecule has 0 saturated carbocycles. The third-order valence-corrected chi connectivity index (χ3v) is 10.1. The van der Waals surface area contributed by atoms with Crippen molar-refractivity contribution in [2.24, 2.45) is 33.5 Å². The van der Waals surface area contributed by atoms with Crippen molar-refractivity contribution in [2.45, 2.75) is 283 Å². The van der Waals surface area contributed by atoms with Crippen molar-refractivity contribution in [3.05, 3.63) is 0 Å². The first-order valence-electron chi connectivity index (χ1n) is 21.9. The average molecular weight is 689 g/mol. The maximum atomic E-state index is 2.30. The van der Waals surface area contributed by atoms with E-state index in [2.05, 4.69) is 180 Å². The molecule has 0 N–H and O–H groups in total. The lowest BCUT2D eigenvalue weighted by molar-refractivity contribution is 0.240. The van der Waals surface area contributed by atoms with Crippen molar-refractivity contribution in [1.82, 2.24) is 0 Å². The van der Waals surface area contributed by atoms with Crippen molar-refractivity contribution in [3.8, 4) is 0 Å². The standard InChI is InChI=1S/C9H20.C7H16.3C6H14.2C5H12.C4H10/c1-5-9(6-2,7-3)8-4;1-5-7(3,4)6-2;2*1-5-6(2,3)4;1-3-5-6-4-2;2*1-4-5(2)3;1-3-4-2/h5-8H2,1-4H3;5-6H2,1-4H3;2*5H2,1-4H3;3-6H2,1-2H3;2*5H,4H2,1-3H3;3-4H2,1-2H3. The van der Waals surface area contributed by atoms with E-state index in [1.165, 1.54) is 103 Å². The molecule has 0 spiro atoms. The van der Waals surface area contributed by atoms with E-state index in [0.717, 1.165) is 11.8 Å². The molecule has 0 saturated heterocycles. The fraction of sp³-hybridized carbons (Fsp3) is 1.00. The zero-order valence-electron chi connectivity index (χ0n) is 40.5. The van der Waals surface area contributed by atoms with Crippen LogP contribution >= 0.6 is 0 Å². The van der Waals surface area contributed by atoms with Gasteiger partial charge in [-0.1, -0.05) is 283 Å². The summed E-state index contributed by atoms with van der Waals surface area (Å²) >= 11 is 0. The predicted octanol–water partition coefficient (Wildman–Crippen LogP) is 19.8. The molecule has 0 aliphatic rings. The van der Waals surface area contributed by atoms with Gasteiger partial charge < -0.3 is 0 Å². The van der Waals surface area contributed by atoms with Crippen LogP contribution in [0.4, 0.5) is 0 Å². The summed E-state index contributed by atoms with van der Waals surface area (Å²) in [6, 6.07) is 0. The molecule has 0 fully saturated rings. The largest absolute Gasteiger partial charge is 0.0654 e. The number of unbranched alkanes of at least 4 members (excludes halogenated alkanes) is 4. The minimum absolute atomic E-state index is 0.542. The quantitative estimate of drug-likeness (QED) is 0.179. The van der Waals surface area contributed by atoms with Gasteiger partial charge in [0.15, 0.2) is 0 Å². The van der Waals surface area contributed by atoms with Crippen molar-refractivity contribution < 1.29 is 0 Å². The van der Waals surface area contributed by atoms with Gasteiger partial charge in [0.25, 0.3) is 0 Å². The van der Waals surface area contributed by atoms with E-state index in [4.69, 9.17) is 0 Å². The molecule has 0 rings (SSSR count). The van der Waals surface area contributed by atoms with Crippen LogP contribution in [0.5, 0.6) is 0 Å². The Hall–Kier alpha value is 0. The summed E-state index contributed by atoms with van der Waals surface area (Å²) in [7, 11) is 0. The summed E-state index contributed by atoms with van der Waals surface area (Å²) in [5.74, 6) is 1.77. The highest BCUT2D eigenvalue weighted by atomic mass is 14.3. The van der Waals surface area contributed by atoms with E-state index in [9.17, 15) is 0 Å². The third kappa shape index (κ3) is 91.0. The Labute approximate surface area is 315 Å². The summed E-state index contributed by atoms with van der Waals surface area (Å²) in [6.07, 6.45) is 21.3. The van der Waals surface area contributed by atoms with E-state index in [-0.39, 0.29) is 0 Å². The Bertz CT molecular complexity index is 424. The fourth-order valence-electron chi connectivity index (χ4n) is 2.25. The summed E-state index contributed by atoms with van der Waals surface area (Å²) < 4.78 is 0. The minimum Gasteiger partial charge on any atom is -0.0654 e. The summed E-state index contributed by atoms with van der Waals surface area (Å²) in [6.45, 7) is 58.3. The van der Waals surface area contributed by atoms with Crippen LogP contribution in [0.25, 0.3) is 0 Å². The van der Waals surface area contributed by atoms with Gasteiger partial charge in [0.2, 0.25) is 0 Å². The summed E-state index contributed by atoms with van der Waals surface area (Å²) in [5.41, 5.74) is 2.33. The molecule has 304 valence electrons. The maximum Gasteiger partial charge on any atom is -0.0308 e. The zero-order valence-corrected chi connectivity index (χ0v) is 40.5. The van der Waals surface area contributed by atoms with Crippen LogP contribution in [0.15, 0.2) is 0 Å². The maximum absolute atomic E-state index is 2.30. The van der Waals surface area contributed by atoms with Gasteiger partial charge in [-0.15, -0.1) is 0 Å². The van der Waals surface area contributed by atoms with Gasteiger partial charge in [0.1, 0.15) is 0 Å². The van der Waals surface area contributed by atoms with Gasteiger partial charge >= 0.3 is 0 Å². The molecular weight excluding hydrogens is 577 g/mol. The normalized spacial score (nSPS) is 10.8. The van der Waals surface area contributed by atoms with Gasteiger partial charge in [-0.2, -0.15) is 0 Å². The first-order chi connectivity index (χ1) is 21.9. The van der Waals surface area contributed by atoms with Gasteiger partial charge in [-0.05, 0) is 33.5 Å². The lowest BCUT2D eigenvalue weighted by Crippen LogP contribution is -2.15. The molecular formula is C48H112. The number of hydrogen-bond acceptors (Lipinski definition) is 0. The molecule has 0 aromatic carbocycles. The van der Waals surface area contributed by atoms with Crippen LogP contribution in [0.1, 0.15) is 283 Å². The SMILES string of the molecule is CCC(C)(C)C.CCC(C)(C)C.CCC(C)(C)CC.CCC(C)C.CCC(C)C.CCC(CC)(CC)CC.CCCC.CCCCCC. The first kappa shape index (κ1) is 66.3. The Morgan fingerprint density at radius 3 is 0.521 bits per heavy atom. The molecule has 0 aliphatic heterocycles. The van der Waals surface area contributed by atoms with Gasteiger partial charge in [-0.3, -0.25) is 0 Å². The van der Waals surface area contributed by atoms with Crippen LogP contribution in [-0.2, 0) is 0 Å². The third-order valence-electron chi connectivity index (χ3n) is 10.1. The Balaban J connectivity index is -0.0000000642. The topological polar surface area (TPSA) is 0 Å². The molecule has 0 amide bonds. The Kier molecular flexibility index (Phi) is 64.9. The second-order valence-electron chi connectivity index (χ2n) is 17.9. The Morgan fingerprint density at radius 1 is 0.312 bits per heavy atom. The first-order valence-corrected chi connectivity index (χ1v) is 21.9. The molecule has 48 heavy (non-hydrogen) atoms. The lowest BCUT2D eigenvalue weighted by atomic mass is 9.78. The van der Waals surface area contributed by atoms with Gasteiger partial charge in [0.05, 0.1) is 0 Å². The molecule has 0 nitrogen and oxygen atoms in total. The minimum atomic E-state index is 0.542. The molecule has 0 heterocycles. The molecule has 0 aliphatic carbocycles. The van der Waals surface area contributed by atoms with E-state index < -0.39 is 0 Å². The van der Waals surface area contributed by atoms with Crippen molar-refractivity contribution in [2.75, 3.05) is 0 Å². The highest BCUT2D eigenvalue weighted by molar-refractivity contribution is 4.72. The van der Waals surface area contributed by atoms with Crippen molar-refractivity contribution in [3.63, 3.8) is 0 Å². The summed E-state index contributed by atoms with van der Waals surface area (Å²) in [5, 5.41) is 0. The van der Waals surface area contributed by atoms with E-state index >= 15 is 0 Å². The van der Waals surface area contributed by atoms with Crippen molar-refractivity contribution in [1.29, 1.82) is 0 Å². The average Bonchev–Trinajstić information content (AvgIpc) is 3.06. The van der Waals surface area contributed by atoms with E-state index in [1.54, 1.807) is 0 Å². The molecule has 0 radical (unpaired) electrons. The monoisotopic (exact) mass is 689 g/mol. The highest BCUT2D eigenvalue weighted by Gasteiger charge is 2.20. The number of hydrogen-bond donors (Lipinski definition) is 0. The molecule has 0 heteroatoms. The Morgan fingerprint density at radius 2 is 0.500 bits per heavy atom. The number of rotatable bonds is 12. The fourth-order valence-corrected chi connectivity index (χ4v) is 2.25. The predicted molar refractivity (Wildman–Crippen MR) is 238 cm³/mol. The van der Waals surface area contributed by atoms with Crippen molar-refractivity contribution >= 4 is 0 Å². The van der Waals surface area contributed by atoms with Gasteiger partial charge in [0, 0.05) is 0 Å². The second kappa shape index (κ2) is 47.0. The van der Waals surface area contributed by atoms with E-state index in [1.807, 2.05) is 0 Å². The van der Waals surface area contributed by atoms with E-state index in [0.29, 0.717) is 21.7 Å². The molecule has 0 unspecified atom stereocenters. The smallest absolute Gasteiger partial charge is 0.0308 e. The molecule has 0 atom stereocenters. The molecule has 0 bridgehead atoms.